The summed E-state index contributed by atoms with van der Waals surface area (Å²) in [7, 11) is 0. The predicted octanol–water partition coefficient (Wildman–Crippen LogP) is 4.12. The Labute approximate surface area is 126 Å². The third-order valence-electron chi connectivity index (χ3n) is 2.32. The summed E-state index contributed by atoms with van der Waals surface area (Å²) in [6, 6.07) is 6.83. The van der Waals surface area contributed by atoms with Crippen molar-refractivity contribution >= 4 is 33.2 Å². The van der Waals surface area contributed by atoms with E-state index in [0.29, 0.717) is 10.8 Å². The SMILES string of the molecule is O=[N+]([O-])c1cc(F)cc(Br)c1OCc1cccc(Cl)n1. The van der Waals surface area contributed by atoms with Crippen molar-refractivity contribution in [2.24, 2.45) is 0 Å². The highest BCUT2D eigenvalue weighted by molar-refractivity contribution is 9.10. The average Bonchev–Trinajstić information content (AvgIpc) is 2.36. The molecule has 8 heteroatoms. The first kappa shape index (κ1) is 14.7. The van der Waals surface area contributed by atoms with Gasteiger partial charge in [-0.05, 0) is 34.1 Å². The lowest BCUT2D eigenvalue weighted by Gasteiger charge is -2.08. The predicted molar refractivity (Wildman–Crippen MR) is 74.3 cm³/mol. The Balaban J connectivity index is 2.27. The van der Waals surface area contributed by atoms with Gasteiger partial charge in [-0.3, -0.25) is 10.1 Å². The lowest BCUT2D eigenvalue weighted by Crippen LogP contribution is -2.02. The Hall–Kier alpha value is -1.73. The minimum Gasteiger partial charge on any atom is -0.480 e. The number of nitro benzene ring substituents is 1. The van der Waals surface area contributed by atoms with Crippen LogP contribution in [0.15, 0.2) is 34.8 Å². The summed E-state index contributed by atoms with van der Waals surface area (Å²) in [6.07, 6.45) is 0. The van der Waals surface area contributed by atoms with Crippen LogP contribution in [0.1, 0.15) is 5.69 Å². The Bertz CT molecular complexity index is 669. The molecule has 1 aromatic carbocycles. The summed E-state index contributed by atoms with van der Waals surface area (Å²) in [5.74, 6) is -0.782. The van der Waals surface area contributed by atoms with Crippen LogP contribution in [0.5, 0.6) is 5.75 Å². The van der Waals surface area contributed by atoms with Crippen molar-refractivity contribution in [3.05, 3.63) is 61.6 Å². The highest BCUT2D eigenvalue weighted by atomic mass is 79.9. The summed E-state index contributed by atoms with van der Waals surface area (Å²) in [5.41, 5.74) is 0.0435. The van der Waals surface area contributed by atoms with E-state index in [1.54, 1.807) is 18.2 Å². The van der Waals surface area contributed by atoms with E-state index in [-0.39, 0.29) is 16.8 Å². The third kappa shape index (κ3) is 3.43. The van der Waals surface area contributed by atoms with E-state index in [1.807, 2.05) is 0 Å². The first-order chi connectivity index (χ1) is 9.47. The van der Waals surface area contributed by atoms with Gasteiger partial charge in [0.1, 0.15) is 17.6 Å². The maximum absolute atomic E-state index is 13.2. The van der Waals surface area contributed by atoms with E-state index in [1.165, 1.54) is 0 Å². The van der Waals surface area contributed by atoms with Gasteiger partial charge in [-0.2, -0.15) is 0 Å². The molecule has 104 valence electrons. The summed E-state index contributed by atoms with van der Waals surface area (Å²) in [5, 5.41) is 11.2. The van der Waals surface area contributed by atoms with Gasteiger partial charge in [0.05, 0.1) is 21.2 Å². The molecule has 0 fully saturated rings. The molecule has 0 atom stereocenters. The largest absolute Gasteiger partial charge is 0.480 e. The zero-order valence-electron chi connectivity index (χ0n) is 9.85. The molecule has 2 aromatic rings. The van der Waals surface area contributed by atoms with E-state index < -0.39 is 16.4 Å². The Morgan fingerprint density at radius 3 is 2.85 bits per heavy atom. The first-order valence-electron chi connectivity index (χ1n) is 5.35. The van der Waals surface area contributed by atoms with Crippen molar-refractivity contribution in [1.82, 2.24) is 4.98 Å². The molecular formula is C12H7BrClFN2O3. The van der Waals surface area contributed by atoms with Crippen LogP contribution >= 0.6 is 27.5 Å². The van der Waals surface area contributed by atoms with Gasteiger partial charge in [-0.15, -0.1) is 0 Å². The van der Waals surface area contributed by atoms with Crippen LogP contribution in [0.25, 0.3) is 0 Å². The summed E-state index contributed by atoms with van der Waals surface area (Å²) in [6.45, 7) is -0.0222. The molecule has 0 aliphatic rings. The number of hydrogen-bond donors (Lipinski definition) is 0. The fraction of sp³-hybridized carbons (Fsp3) is 0.0833. The van der Waals surface area contributed by atoms with E-state index >= 15 is 0 Å². The first-order valence-corrected chi connectivity index (χ1v) is 6.52. The van der Waals surface area contributed by atoms with Crippen LogP contribution < -0.4 is 4.74 Å². The van der Waals surface area contributed by atoms with Crippen LogP contribution in [0.3, 0.4) is 0 Å². The Morgan fingerprint density at radius 2 is 2.20 bits per heavy atom. The van der Waals surface area contributed by atoms with E-state index in [2.05, 4.69) is 20.9 Å². The molecule has 0 bridgehead atoms. The van der Waals surface area contributed by atoms with Crippen molar-refractivity contribution < 1.29 is 14.1 Å². The number of aromatic nitrogens is 1. The number of hydrogen-bond acceptors (Lipinski definition) is 4. The molecule has 0 amide bonds. The number of nitrogens with zero attached hydrogens (tertiary/aromatic N) is 2. The minimum atomic E-state index is -0.725. The van der Waals surface area contributed by atoms with Crippen molar-refractivity contribution in [3.63, 3.8) is 0 Å². The molecule has 0 saturated heterocycles. The molecule has 2 rings (SSSR count). The normalized spacial score (nSPS) is 10.3. The van der Waals surface area contributed by atoms with Gasteiger partial charge in [0.15, 0.2) is 0 Å². The van der Waals surface area contributed by atoms with Crippen LogP contribution in [0, 0.1) is 15.9 Å². The van der Waals surface area contributed by atoms with Crippen LogP contribution in [-0.4, -0.2) is 9.91 Å². The fourth-order valence-electron chi connectivity index (χ4n) is 1.50. The van der Waals surface area contributed by atoms with Gasteiger partial charge in [0.25, 0.3) is 0 Å². The van der Waals surface area contributed by atoms with E-state index in [4.69, 9.17) is 16.3 Å². The molecule has 0 unspecified atom stereocenters. The quantitative estimate of drug-likeness (QED) is 0.467. The monoisotopic (exact) mass is 360 g/mol. The summed E-state index contributed by atoms with van der Waals surface area (Å²) >= 11 is 8.76. The number of pyridine rings is 1. The Morgan fingerprint density at radius 1 is 1.45 bits per heavy atom. The van der Waals surface area contributed by atoms with Gasteiger partial charge in [-0.25, -0.2) is 9.37 Å². The average molecular weight is 362 g/mol. The van der Waals surface area contributed by atoms with Gasteiger partial charge in [-0.1, -0.05) is 17.7 Å². The molecular weight excluding hydrogens is 354 g/mol. The van der Waals surface area contributed by atoms with E-state index in [0.717, 1.165) is 12.1 Å². The Kier molecular flexibility index (Phi) is 4.51. The number of nitro groups is 1. The lowest BCUT2D eigenvalue weighted by atomic mass is 10.3. The molecule has 5 nitrogen and oxygen atoms in total. The highest BCUT2D eigenvalue weighted by Crippen LogP contribution is 2.36. The van der Waals surface area contributed by atoms with Crippen molar-refractivity contribution in [3.8, 4) is 5.75 Å². The number of ether oxygens (including phenoxy) is 1. The standard InChI is InChI=1S/C12H7BrClFN2O3/c13-9-4-7(15)5-10(17(18)19)12(9)20-6-8-2-1-3-11(14)16-8/h1-5H,6H2. The minimum absolute atomic E-state index is 0.0222. The smallest absolute Gasteiger partial charge is 0.315 e. The van der Waals surface area contributed by atoms with Gasteiger partial charge < -0.3 is 4.74 Å². The molecule has 0 aliphatic heterocycles. The second-order valence-corrected chi connectivity index (χ2v) is 4.97. The van der Waals surface area contributed by atoms with Crippen LogP contribution in [-0.2, 0) is 6.61 Å². The maximum atomic E-state index is 13.2. The summed E-state index contributed by atoms with van der Waals surface area (Å²) < 4.78 is 18.7. The maximum Gasteiger partial charge on any atom is 0.315 e. The zero-order valence-corrected chi connectivity index (χ0v) is 12.2. The van der Waals surface area contributed by atoms with Crippen LogP contribution in [0.2, 0.25) is 5.15 Å². The van der Waals surface area contributed by atoms with Gasteiger partial charge in [0, 0.05) is 0 Å². The summed E-state index contributed by atoms with van der Waals surface area (Å²) in [4.78, 5) is 14.2. The number of halogens is 3. The molecule has 0 aliphatic carbocycles. The number of benzene rings is 1. The molecule has 0 N–H and O–H groups in total. The van der Waals surface area contributed by atoms with Crippen LogP contribution in [0.4, 0.5) is 10.1 Å². The lowest BCUT2D eigenvalue weighted by molar-refractivity contribution is -0.386. The molecule has 1 aromatic heterocycles. The topological polar surface area (TPSA) is 65.3 Å². The van der Waals surface area contributed by atoms with Gasteiger partial charge >= 0.3 is 5.69 Å². The van der Waals surface area contributed by atoms with Crippen molar-refractivity contribution in [2.45, 2.75) is 6.61 Å². The number of rotatable bonds is 4. The van der Waals surface area contributed by atoms with Crippen molar-refractivity contribution in [1.29, 1.82) is 0 Å². The molecule has 20 heavy (non-hydrogen) atoms. The molecule has 0 saturated carbocycles. The molecule has 0 spiro atoms. The van der Waals surface area contributed by atoms with E-state index in [9.17, 15) is 14.5 Å². The van der Waals surface area contributed by atoms with Crippen molar-refractivity contribution in [2.75, 3.05) is 0 Å². The molecule has 1 heterocycles. The third-order valence-corrected chi connectivity index (χ3v) is 3.12. The molecule has 0 radical (unpaired) electrons. The second-order valence-electron chi connectivity index (χ2n) is 3.73. The second kappa shape index (κ2) is 6.15. The fourth-order valence-corrected chi connectivity index (χ4v) is 2.22. The highest BCUT2D eigenvalue weighted by Gasteiger charge is 2.20. The zero-order chi connectivity index (χ0) is 14.7. The van der Waals surface area contributed by atoms with Gasteiger partial charge in [0.2, 0.25) is 5.75 Å².